The van der Waals surface area contributed by atoms with Crippen molar-refractivity contribution in [3.8, 4) is 0 Å². The number of hydrogen-bond donors (Lipinski definition) is 0. The van der Waals surface area contributed by atoms with Crippen LogP contribution in [0.4, 0.5) is 4.39 Å². The molecule has 4 heteroatoms. The first-order chi connectivity index (χ1) is 9.04. The molecule has 0 atom stereocenters. The fraction of sp³-hybridized carbons (Fsp3) is 0.600. The molecule has 0 bridgehead atoms. The third-order valence-corrected chi connectivity index (χ3v) is 4.24. The van der Waals surface area contributed by atoms with Gasteiger partial charge in [0.2, 0.25) is 0 Å². The number of nitrogens with zero attached hydrogens (tertiary/aromatic N) is 2. The van der Waals surface area contributed by atoms with Crippen LogP contribution in [-0.4, -0.2) is 42.5 Å². The molecule has 0 unspecified atom stereocenters. The van der Waals surface area contributed by atoms with Crippen molar-refractivity contribution >= 4 is 15.9 Å². The van der Waals surface area contributed by atoms with Gasteiger partial charge in [-0.05, 0) is 23.6 Å². The lowest BCUT2D eigenvalue weighted by Gasteiger charge is -2.35. The fourth-order valence-corrected chi connectivity index (χ4v) is 3.01. The van der Waals surface area contributed by atoms with Crippen LogP contribution in [0.3, 0.4) is 0 Å². The van der Waals surface area contributed by atoms with Crippen LogP contribution in [0.1, 0.15) is 19.4 Å². The highest BCUT2D eigenvalue weighted by Crippen LogP contribution is 2.20. The van der Waals surface area contributed by atoms with Crippen molar-refractivity contribution < 1.29 is 4.39 Å². The van der Waals surface area contributed by atoms with E-state index in [0.717, 1.165) is 43.1 Å². The topological polar surface area (TPSA) is 6.48 Å². The third-order valence-electron chi connectivity index (χ3n) is 3.50. The Morgan fingerprint density at radius 1 is 1.16 bits per heavy atom. The van der Waals surface area contributed by atoms with E-state index in [-0.39, 0.29) is 5.82 Å². The SMILES string of the molecule is CC(C)CN1CCN(Cc2ccc(F)cc2Br)CC1. The number of hydrogen-bond acceptors (Lipinski definition) is 2. The van der Waals surface area contributed by atoms with Gasteiger partial charge in [0, 0.05) is 43.7 Å². The average molecular weight is 329 g/mol. The molecule has 0 radical (unpaired) electrons. The smallest absolute Gasteiger partial charge is 0.124 e. The highest BCUT2D eigenvalue weighted by Gasteiger charge is 2.18. The van der Waals surface area contributed by atoms with Crippen molar-refractivity contribution in [2.75, 3.05) is 32.7 Å². The lowest BCUT2D eigenvalue weighted by atomic mass is 10.1. The maximum atomic E-state index is 13.0. The van der Waals surface area contributed by atoms with Crippen LogP contribution in [0.25, 0.3) is 0 Å². The van der Waals surface area contributed by atoms with Crippen LogP contribution in [0, 0.1) is 11.7 Å². The minimum absolute atomic E-state index is 0.183. The summed E-state index contributed by atoms with van der Waals surface area (Å²) in [6.07, 6.45) is 0. The second kappa shape index (κ2) is 6.82. The summed E-state index contributed by atoms with van der Waals surface area (Å²) < 4.78 is 13.9. The van der Waals surface area contributed by atoms with E-state index in [1.807, 2.05) is 6.07 Å². The van der Waals surface area contributed by atoms with Crippen molar-refractivity contribution in [1.82, 2.24) is 9.80 Å². The zero-order chi connectivity index (χ0) is 13.8. The summed E-state index contributed by atoms with van der Waals surface area (Å²) in [4.78, 5) is 4.97. The van der Waals surface area contributed by atoms with Crippen LogP contribution in [0.5, 0.6) is 0 Å². The third kappa shape index (κ3) is 4.55. The van der Waals surface area contributed by atoms with E-state index in [0.29, 0.717) is 0 Å². The molecule has 2 rings (SSSR count). The van der Waals surface area contributed by atoms with E-state index >= 15 is 0 Å². The van der Waals surface area contributed by atoms with Crippen molar-refractivity contribution in [3.05, 3.63) is 34.1 Å². The average Bonchev–Trinajstić information content (AvgIpc) is 2.34. The van der Waals surface area contributed by atoms with Gasteiger partial charge in [0.25, 0.3) is 0 Å². The van der Waals surface area contributed by atoms with Crippen LogP contribution >= 0.6 is 15.9 Å². The standard InChI is InChI=1S/C15H22BrFN2/c1-12(2)10-18-5-7-19(8-6-18)11-13-3-4-14(17)9-15(13)16/h3-4,9,12H,5-8,10-11H2,1-2H3. The van der Waals surface area contributed by atoms with Gasteiger partial charge in [-0.1, -0.05) is 35.8 Å². The Morgan fingerprint density at radius 2 is 1.79 bits per heavy atom. The Bertz CT molecular complexity index is 415. The van der Waals surface area contributed by atoms with Gasteiger partial charge >= 0.3 is 0 Å². The minimum Gasteiger partial charge on any atom is -0.301 e. The van der Waals surface area contributed by atoms with E-state index in [2.05, 4.69) is 39.6 Å². The van der Waals surface area contributed by atoms with Crippen LogP contribution in [0.15, 0.2) is 22.7 Å². The Balaban J connectivity index is 1.85. The van der Waals surface area contributed by atoms with E-state index in [9.17, 15) is 4.39 Å². The normalized spacial score (nSPS) is 18.2. The van der Waals surface area contributed by atoms with Crippen LogP contribution in [0.2, 0.25) is 0 Å². The maximum absolute atomic E-state index is 13.0. The second-order valence-corrected chi connectivity index (χ2v) is 6.56. The van der Waals surface area contributed by atoms with Crippen molar-refractivity contribution in [2.45, 2.75) is 20.4 Å². The van der Waals surface area contributed by atoms with Crippen molar-refractivity contribution in [1.29, 1.82) is 0 Å². The number of piperazine rings is 1. The van der Waals surface area contributed by atoms with Gasteiger partial charge in [-0.25, -0.2) is 4.39 Å². The quantitative estimate of drug-likeness (QED) is 0.836. The predicted octanol–water partition coefficient (Wildman–Crippen LogP) is 3.36. The highest BCUT2D eigenvalue weighted by atomic mass is 79.9. The first-order valence-corrected chi connectivity index (χ1v) is 7.72. The molecule has 0 N–H and O–H groups in total. The molecule has 1 aromatic rings. The van der Waals surface area contributed by atoms with E-state index in [1.165, 1.54) is 18.2 Å². The molecule has 1 saturated heterocycles. The molecule has 0 aliphatic carbocycles. The first kappa shape index (κ1) is 14.9. The highest BCUT2D eigenvalue weighted by molar-refractivity contribution is 9.10. The largest absolute Gasteiger partial charge is 0.301 e. The van der Waals surface area contributed by atoms with Crippen molar-refractivity contribution in [3.63, 3.8) is 0 Å². The van der Waals surface area contributed by atoms with Gasteiger partial charge in [0.1, 0.15) is 5.82 Å². The zero-order valence-electron chi connectivity index (χ0n) is 11.7. The van der Waals surface area contributed by atoms with Gasteiger partial charge in [-0.3, -0.25) is 4.90 Å². The summed E-state index contributed by atoms with van der Waals surface area (Å²) >= 11 is 3.44. The maximum Gasteiger partial charge on any atom is 0.124 e. The van der Waals surface area contributed by atoms with E-state index in [1.54, 1.807) is 6.07 Å². The number of benzene rings is 1. The molecule has 1 aliphatic heterocycles. The molecule has 19 heavy (non-hydrogen) atoms. The van der Waals surface area contributed by atoms with E-state index in [4.69, 9.17) is 0 Å². The number of halogens is 2. The predicted molar refractivity (Wildman–Crippen MR) is 80.7 cm³/mol. The number of rotatable bonds is 4. The molecule has 0 spiro atoms. The molecular formula is C15H22BrFN2. The fourth-order valence-electron chi connectivity index (χ4n) is 2.54. The lowest BCUT2D eigenvalue weighted by molar-refractivity contribution is 0.117. The van der Waals surface area contributed by atoms with Gasteiger partial charge < -0.3 is 4.90 Å². The Labute approximate surface area is 123 Å². The molecule has 1 aliphatic rings. The second-order valence-electron chi connectivity index (χ2n) is 5.71. The summed E-state index contributed by atoms with van der Waals surface area (Å²) in [5.74, 6) is 0.551. The molecule has 1 aromatic carbocycles. The van der Waals surface area contributed by atoms with Gasteiger partial charge in [-0.15, -0.1) is 0 Å². The van der Waals surface area contributed by atoms with Gasteiger partial charge in [-0.2, -0.15) is 0 Å². The first-order valence-electron chi connectivity index (χ1n) is 6.93. The Hall–Kier alpha value is -0.450. The molecule has 1 fully saturated rings. The van der Waals surface area contributed by atoms with Gasteiger partial charge in [0.05, 0.1) is 0 Å². The molecule has 106 valence electrons. The summed E-state index contributed by atoms with van der Waals surface area (Å²) in [5.41, 5.74) is 1.17. The molecule has 0 saturated carbocycles. The summed E-state index contributed by atoms with van der Waals surface area (Å²) in [6, 6.07) is 4.96. The zero-order valence-corrected chi connectivity index (χ0v) is 13.3. The molecular weight excluding hydrogens is 307 g/mol. The summed E-state index contributed by atoms with van der Waals surface area (Å²) in [6.45, 7) is 11.1. The molecule has 1 heterocycles. The molecule has 0 amide bonds. The summed E-state index contributed by atoms with van der Waals surface area (Å²) in [7, 11) is 0. The minimum atomic E-state index is -0.183. The Morgan fingerprint density at radius 3 is 2.37 bits per heavy atom. The van der Waals surface area contributed by atoms with Crippen LogP contribution in [-0.2, 0) is 6.54 Å². The van der Waals surface area contributed by atoms with Crippen molar-refractivity contribution in [2.24, 2.45) is 5.92 Å². The molecule has 2 nitrogen and oxygen atoms in total. The Kier molecular flexibility index (Phi) is 5.37. The molecule has 0 aromatic heterocycles. The van der Waals surface area contributed by atoms with E-state index < -0.39 is 0 Å². The monoisotopic (exact) mass is 328 g/mol. The van der Waals surface area contributed by atoms with Gasteiger partial charge in [0.15, 0.2) is 0 Å². The summed E-state index contributed by atoms with van der Waals surface area (Å²) in [5, 5.41) is 0. The van der Waals surface area contributed by atoms with Crippen LogP contribution < -0.4 is 0 Å². The lowest BCUT2D eigenvalue weighted by Crippen LogP contribution is -2.46.